The second-order valence-corrected chi connectivity index (χ2v) is 6.42. The number of para-hydroxylation sites is 1. The van der Waals surface area contributed by atoms with E-state index in [0.29, 0.717) is 28.6 Å². The Bertz CT molecular complexity index is 950. The number of aryl methyl sites for hydroxylation is 1. The minimum atomic E-state index is -0.226. The van der Waals surface area contributed by atoms with Crippen LogP contribution in [0.3, 0.4) is 0 Å². The molecule has 0 radical (unpaired) electrons. The standard InChI is InChI=1S/C20H20ClN3O2/c1-13-19(22-20(25)17-9-4-5-10-18(17)26-3)14(2)24(23-13)12-15-7-6-8-16(21)11-15/h4-11H,12H2,1-3H3,(H,22,25). The molecule has 2 aromatic carbocycles. The number of anilines is 1. The van der Waals surface area contributed by atoms with Crippen molar-refractivity contribution in [1.29, 1.82) is 0 Å². The number of halogens is 1. The highest BCUT2D eigenvalue weighted by atomic mass is 35.5. The first-order valence-electron chi connectivity index (χ1n) is 8.22. The Labute approximate surface area is 157 Å². The summed E-state index contributed by atoms with van der Waals surface area (Å²) in [5.74, 6) is 0.308. The summed E-state index contributed by atoms with van der Waals surface area (Å²) in [6.07, 6.45) is 0. The minimum Gasteiger partial charge on any atom is -0.496 e. The lowest BCUT2D eigenvalue weighted by molar-refractivity contribution is 0.102. The van der Waals surface area contributed by atoms with Gasteiger partial charge in [-0.3, -0.25) is 9.48 Å². The highest BCUT2D eigenvalue weighted by Gasteiger charge is 2.17. The van der Waals surface area contributed by atoms with Gasteiger partial charge >= 0.3 is 0 Å². The molecule has 3 aromatic rings. The number of methoxy groups -OCH3 is 1. The van der Waals surface area contributed by atoms with Crippen LogP contribution in [0, 0.1) is 13.8 Å². The number of carbonyl (C=O) groups is 1. The Hall–Kier alpha value is -2.79. The second kappa shape index (κ2) is 7.62. The lowest BCUT2D eigenvalue weighted by atomic mass is 10.1. The van der Waals surface area contributed by atoms with E-state index in [1.807, 2.05) is 48.9 Å². The summed E-state index contributed by atoms with van der Waals surface area (Å²) < 4.78 is 7.13. The lowest BCUT2D eigenvalue weighted by Gasteiger charge is -2.10. The molecule has 0 fully saturated rings. The first-order chi connectivity index (χ1) is 12.5. The van der Waals surface area contributed by atoms with Crippen LogP contribution in [0.2, 0.25) is 5.02 Å². The minimum absolute atomic E-state index is 0.226. The number of ether oxygens (including phenoxy) is 1. The van der Waals surface area contributed by atoms with Crippen LogP contribution in [-0.4, -0.2) is 22.8 Å². The van der Waals surface area contributed by atoms with E-state index in [-0.39, 0.29) is 5.91 Å². The van der Waals surface area contributed by atoms with E-state index >= 15 is 0 Å². The maximum atomic E-state index is 12.7. The Balaban J connectivity index is 1.85. The van der Waals surface area contributed by atoms with Gasteiger partial charge in [0.15, 0.2) is 0 Å². The van der Waals surface area contributed by atoms with Gasteiger partial charge in [0.25, 0.3) is 5.91 Å². The summed E-state index contributed by atoms with van der Waals surface area (Å²) in [6, 6.07) is 14.8. The van der Waals surface area contributed by atoms with Crippen molar-refractivity contribution in [2.45, 2.75) is 20.4 Å². The zero-order valence-corrected chi connectivity index (χ0v) is 15.7. The van der Waals surface area contributed by atoms with E-state index in [1.165, 1.54) is 0 Å². The molecule has 1 amide bonds. The van der Waals surface area contributed by atoms with Gasteiger partial charge in [-0.15, -0.1) is 0 Å². The molecule has 0 aliphatic carbocycles. The number of hydrogen-bond donors (Lipinski definition) is 1. The maximum absolute atomic E-state index is 12.7. The van der Waals surface area contributed by atoms with Crippen LogP contribution in [0.1, 0.15) is 27.3 Å². The summed E-state index contributed by atoms with van der Waals surface area (Å²) >= 11 is 6.05. The maximum Gasteiger partial charge on any atom is 0.259 e. The fraction of sp³-hybridized carbons (Fsp3) is 0.200. The van der Waals surface area contributed by atoms with Gasteiger partial charge in [0.05, 0.1) is 36.3 Å². The van der Waals surface area contributed by atoms with Crippen molar-refractivity contribution in [3.05, 3.63) is 76.1 Å². The van der Waals surface area contributed by atoms with E-state index in [1.54, 1.807) is 25.3 Å². The van der Waals surface area contributed by atoms with Crippen LogP contribution in [0.5, 0.6) is 5.75 Å². The van der Waals surface area contributed by atoms with E-state index in [9.17, 15) is 4.79 Å². The zero-order chi connectivity index (χ0) is 18.7. The molecule has 3 rings (SSSR count). The van der Waals surface area contributed by atoms with Gasteiger partial charge in [-0.25, -0.2) is 0 Å². The van der Waals surface area contributed by atoms with Gasteiger partial charge in [0.2, 0.25) is 0 Å². The first kappa shape index (κ1) is 18.0. The van der Waals surface area contributed by atoms with Gasteiger partial charge in [0.1, 0.15) is 5.75 Å². The Kier molecular flexibility index (Phi) is 5.28. The second-order valence-electron chi connectivity index (χ2n) is 5.99. The number of amides is 1. The van der Waals surface area contributed by atoms with Crippen molar-refractivity contribution in [3.8, 4) is 5.75 Å². The molecule has 1 aromatic heterocycles. The molecule has 0 saturated heterocycles. The van der Waals surface area contributed by atoms with Crippen molar-refractivity contribution >= 4 is 23.2 Å². The van der Waals surface area contributed by atoms with Crippen molar-refractivity contribution in [3.63, 3.8) is 0 Å². The third-order valence-electron chi connectivity index (χ3n) is 4.19. The lowest BCUT2D eigenvalue weighted by Crippen LogP contribution is -2.14. The number of hydrogen-bond acceptors (Lipinski definition) is 3. The third kappa shape index (κ3) is 3.73. The topological polar surface area (TPSA) is 56.1 Å². The molecule has 0 spiro atoms. The molecule has 134 valence electrons. The largest absolute Gasteiger partial charge is 0.496 e. The molecule has 0 aliphatic rings. The molecule has 26 heavy (non-hydrogen) atoms. The van der Waals surface area contributed by atoms with E-state index in [4.69, 9.17) is 16.3 Å². The predicted molar refractivity (Wildman–Crippen MR) is 103 cm³/mol. The van der Waals surface area contributed by atoms with Crippen LogP contribution in [-0.2, 0) is 6.54 Å². The number of nitrogens with one attached hydrogen (secondary N) is 1. The molecule has 1 N–H and O–H groups in total. The number of rotatable bonds is 5. The van der Waals surface area contributed by atoms with Gasteiger partial charge in [-0.1, -0.05) is 35.9 Å². The molecule has 0 aliphatic heterocycles. The first-order valence-corrected chi connectivity index (χ1v) is 8.60. The van der Waals surface area contributed by atoms with Crippen molar-refractivity contribution < 1.29 is 9.53 Å². The number of carbonyl (C=O) groups excluding carboxylic acids is 1. The molecular formula is C20H20ClN3O2. The molecule has 0 saturated carbocycles. The Morgan fingerprint density at radius 2 is 1.96 bits per heavy atom. The fourth-order valence-corrected chi connectivity index (χ4v) is 3.07. The molecular weight excluding hydrogens is 350 g/mol. The van der Waals surface area contributed by atoms with E-state index in [2.05, 4.69) is 10.4 Å². The molecule has 0 bridgehead atoms. The van der Waals surface area contributed by atoms with E-state index in [0.717, 1.165) is 17.0 Å². The zero-order valence-electron chi connectivity index (χ0n) is 14.9. The van der Waals surface area contributed by atoms with E-state index < -0.39 is 0 Å². The molecule has 1 heterocycles. The van der Waals surface area contributed by atoms with Crippen LogP contribution in [0.25, 0.3) is 0 Å². The summed E-state index contributed by atoms with van der Waals surface area (Å²) in [5, 5.41) is 8.20. The summed E-state index contributed by atoms with van der Waals surface area (Å²) in [7, 11) is 1.55. The Morgan fingerprint density at radius 3 is 2.69 bits per heavy atom. The quantitative estimate of drug-likeness (QED) is 0.722. The van der Waals surface area contributed by atoms with Crippen LogP contribution < -0.4 is 10.1 Å². The highest BCUT2D eigenvalue weighted by Crippen LogP contribution is 2.24. The summed E-state index contributed by atoms with van der Waals surface area (Å²) in [6.45, 7) is 4.39. The average molecular weight is 370 g/mol. The SMILES string of the molecule is COc1ccccc1C(=O)Nc1c(C)nn(Cc2cccc(Cl)c2)c1C. The van der Waals surface area contributed by atoms with Gasteiger partial charge in [-0.2, -0.15) is 5.10 Å². The normalized spacial score (nSPS) is 10.6. The van der Waals surface area contributed by atoms with Gasteiger partial charge in [-0.05, 0) is 43.7 Å². The van der Waals surface area contributed by atoms with Gasteiger partial charge < -0.3 is 10.1 Å². The number of nitrogens with zero attached hydrogens (tertiary/aromatic N) is 2. The average Bonchev–Trinajstić information content (AvgIpc) is 2.89. The molecule has 0 unspecified atom stereocenters. The monoisotopic (exact) mass is 369 g/mol. The molecule has 0 atom stereocenters. The summed E-state index contributed by atoms with van der Waals surface area (Å²) in [4.78, 5) is 12.7. The molecule has 5 nitrogen and oxygen atoms in total. The number of aromatic nitrogens is 2. The highest BCUT2D eigenvalue weighted by molar-refractivity contribution is 6.30. The number of benzene rings is 2. The van der Waals surface area contributed by atoms with Gasteiger partial charge in [0, 0.05) is 5.02 Å². The molecule has 6 heteroatoms. The fourth-order valence-electron chi connectivity index (χ4n) is 2.85. The summed E-state index contributed by atoms with van der Waals surface area (Å²) in [5.41, 5.74) is 3.88. The van der Waals surface area contributed by atoms with Crippen molar-refractivity contribution in [2.24, 2.45) is 0 Å². The Morgan fingerprint density at radius 1 is 1.19 bits per heavy atom. The van der Waals surface area contributed by atoms with Crippen LogP contribution in [0.15, 0.2) is 48.5 Å². The van der Waals surface area contributed by atoms with Crippen LogP contribution in [0.4, 0.5) is 5.69 Å². The van der Waals surface area contributed by atoms with Crippen molar-refractivity contribution in [1.82, 2.24) is 9.78 Å². The van der Waals surface area contributed by atoms with Crippen molar-refractivity contribution in [2.75, 3.05) is 12.4 Å². The smallest absolute Gasteiger partial charge is 0.259 e. The predicted octanol–water partition coefficient (Wildman–Crippen LogP) is 4.46. The third-order valence-corrected chi connectivity index (χ3v) is 4.43. The van der Waals surface area contributed by atoms with Crippen LogP contribution >= 0.6 is 11.6 Å².